The van der Waals surface area contributed by atoms with Crippen molar-refractivity contribution in [2.24, 2.45) is 0 Å². The molecule has 0 aliphatic heterocycles. The third-order valence-corrected chi connectivity index (χ3v) is 3.40. The van der Waals surface area contributed by atoms with Crippen LogP contribution in [0.5, 0.6) is 0 Å². The van der Waals surface area contributed by atoms with Crippen molar-refractivity contribution in [2.45, 2.75) is 13.0 Å². The zero-order chi connectivity index (χ0) is 12.9. The smallest absolute Gasteiger partial charge is 0.233 e. The summed E-state index contributed by atoms with van der Waals surface area (Å²) < 4.78 is 21.4. The fraction of sp³-hybridized carbons (Fsp3) is 0.364. The molecule has 0 fully saturated rings. The van der Waals surface area contributed by atoms with Gasteiger partial charge < -0.3 is 4.90 Å². The van der Waals surface area contributed by atoms with Gasteiger partial charge >= 0.3 is 0 Å². The summed E-state index contributed by atoms with van der Waals surface area (Å²) >= 11 is 0. The van der Waals surface area contributed by atoms with E-state index < -0.39 is 9.05 Å². The van der Waals surface area contributed by atoms with Crippen LogP contribution in [0, 0.1) is 0 Å². The van der Waals surface area contributed by atoms with Crippen LogP contribution >= 0.6 is 10.7 Å². The standard InChI is InChI=1S/C11H14ClNO3S/c1-13(9-10-5-3-2-4-6-10)11(14)7-8-17(12,15)16/h2-6H,7-9H2,1H3. The van der Waals surface area contributed by atoms with Crippen LogP contribution in [0.25, 0.3) is 0 Å². The molecule has 0 aliphatic carbocycles. The molecule has 4 nitrogen and oxygen atoms in total. The molecule has 1 amide bonds. The normalized spacial score (nSPS) is 11.2. The summed E-state index contributed by atoms with van der Waals surface area (Å²) in [6.07, 6.45) is -0.0881. The molecule has 0 radical (unpaired) electrons. The highest BCUT2D eigenvalue weighted by Gasteiger charge is 2.13. The molecule has 0 spiro atoms. The van der Waals surface area contributed by atoms with E-state index in [2.05, 4.69) is 0 Å². The predicted molar refractivity (Wildman–Crippen MR) is 67.2 cm³/mol. The van der Waals surface area contributed by atoms with E-state index in [-0.39, 0.29) is 18.1 Å². The van der Waals surface area contributed by atoms with Crippen LogP contribution in [0.2, 0.25) is 0 Å². The van der Waals surface area contributed by atoms with Gasteiger partial charge in [-0.1, -0.05) is 30.3 Å². The van der Waals surface area contributed by atoms with E-state index in [1.165, 1.54) is 4.90 Å². The molecular weight excluding hydrogens is 262 g/mol. The number of halogens is 1. The van der Waals surface area contributed by atoms with E-state index in [0.29, 0.717) is 6.54 Å². The summed E-state index contributed by atoms with van der Waals surface area (Å²) in [7, 11) is 3.08. The van der Waals surface area contributed by atoms with E-state index in [4.69, 9.17) is 10.7 Å². The van der Waals surface area contributed by atoms with Gasteiger partial charge in [0.1, 0.15) is 0 Å². The Morgan fingerprint density at radius 3 is 2.41 bits per heavy atom. The number of nitrogens with zero attached hydrogens (tertiary/aromatic N) is 1. The maximum absolute atomic E-state index is 11.6. The third-order valence-electron chi connectivity index (χ3n) is 2.25. The monoisotopic (exact) mass is 275 g/mol. The van der Waals surface area contributed by atoms with Crippen molar-refractivity contribution in [2.75, 3.05) is 12.8 Å². The molecule has 0 atom stereocenters. The largest absolute Gasteiger partial charge is 0.341 e. The van der Waals surface area contributed by atoms with Crippen LogP contribution < -0.4 is 0 Å². The molecule has 0 aliphatic rings. The van der Waals surface area contributed by atoms with Gasteiger partial charge in [-0.3, -0.25) is 4.79 Å². The van der Waals surface area contributed by atoms with Crippen molar-refractivity contribution in [3.05, 3.63) is 35.9 Å². The summed E-state index contributed by atoms with van der Waals surface area (Å²) in [6.45, 7) is 0.460. The first-order chi connectivity index (χ1) is 7.88. The van der Waals surface area contributed by atoms with Gasteiger partial charge in [0.05, 0.1) is 5.75 Å². The Hall–Kier alpha value is -1.07. The first-order valence-corrected chi connectivity index (χ1v) is 7.56. The van der Waals surface area contributed by atoms with Crippen LogP contribution in [0.15, 0.2) is 30.3 Å². The fourth-order valence-corrected chi connectivity index (χ4v) is 2.00. The Morgan fingerprint density at radius 2 is 1.88 bits per heavy atom. The summed E-state index contributed by atoms with van der Waals surface area (Å²) in [5.41, 5.74) is 0.997. The molecule has 94 valence electrons. The zero-order valence-corrected chi connectivity index (χ0v) is 11.0. The summed E-state index contributed by atoms with van der Waals surface area (Å²) in [5.74, 6) is -0.565. The van der Waals surface area contributed by atoms with Crippen molar-refractivity contribution in [1.29, 1.82) is 0 Å². The van der Waals surface area contributed by atoms with E-state index in [1.807, 2.05) is 30.3 Å². The van der Waals surface area contributed by atoms with Crippen LogP contribution in [0.4, 0.5) is 0 Å². The predicted octanol–water partition coefficient (Wildman–Crippen LogP) is 1.60. The Kier molecular flexibility index (Phi) is 4.96. The lowest BCUT2D eigenvalue weighted by molar-refractivity contribution is -0.130. The van der Waals surface area contributed by atoms with Crippen molar-refractivity contribution in [3.8, 4) is 0 Å². The number of hydrogen-bond donors (Lipinski definition) is 0. The van der Waals surface area contributed by atoms with Gasteiger partial charge in [-0.05, 0) is 5.56 Å². The lowest BCUT2D eigenvalue weighted by Crippen LogP contribution is -2.27. The molecule has 1 aromatic carbocycles. The van der Waals surface area contributed by atoms with Crippen molar-refractivity contribution >= 4 is 25.6 Å². The average Bonchev–Trinajstić information content (AvgIpc) is 2.26. The number of amides is 1. The minimum Gasteiger partial charge on any atom is -0.341 e. The highest BCUT2D eigenvalue weighted by atomic mass is 35.7. The second-order valence-corrected chi connectivity index (χ2v) is 6.62. The van der Waals surface area contributed by atoms with Gasteiger partial charge in [0, 0.05) is 30.7 Å². The summed E-state index contributed by atoms with van der Waals surface area (Å²) in [5, 5.41) is 0. The number of carbonyl (C=O) groups excluding carboxylic acids is 1. The summed E-state index contributed by atoms with van der Waals surface area (Å²) in [4.78, 5) is 13.1. The van der Waals surface area contributed by atoms with Gasteiger partial charge in [-0.15, -0.1) is 0 Å². The molecule has 0 aromatic heterocycles. The first kappa shape index (κ1) is 14.0. The minimum atomic E-state index is -3.60. The number of hydrogen-bond acceptors (Lipinski definition) is 3. The second-order valence-electron chi connectivity index (χ2n) is 3.73. The molecular formula is C11H14ClNO3S. The summed E-state index contributed by atoms with van der Waals surface area (Å²) in [6, 6.07) is 9.48. The van der Waals surface area contributed by atoms with Gasteiger partial charge in [0.15, 0.2) is 0 Å². The van der Waals surface area contributed by atoms with Crippen molar-refractivity contribution in [3.63, 3.8) is 0 Å². The van der Waals surface area contributed by atoms with Gasteiger partial charge in [0.25, 0.3) is 0 Å². The fourth-order valence-electron chi connectivity index (χ4n) is 1.35. The van der Waals surface area contributed by atoms with E-state index in [9.17, 15) is 13.2 Å². The Balaban J connectivity index is 2.48. The van der Waals surface area contributed by atoms with E-state index in [1.54, 1.807) is 7.05 Å². The van der Waals surface area contributed by atoms with Crippen molar-refractivity contribution in [1.82, 2.24) is 4.90 Å². The van der Waals surface area contributed by atoms with Gasteiger partial charge in [-0.25, -0.2) is 8.42 Å². The van der Waals surface area contributed by atoms with Gasteiger partial charge in [-0.2, -0.15) is 0 Å². The number of carbonyl (C=O) groups is 1. The highest BCUT2D eigenvalue weighted by Crippen LogP contribution is 2.06. The Labute approximate surface area is 106 Å². The van der Waals surface area contributed by atoms with Crippen LogP contribution in [-0.2, 0) is 20.4 Å². The maximum atomic E-state index is 11.6. The molecule has 17 heavy (non-hydrogen) atoms. The Morgan fingerprint density at radius 1 is 1.29 bits per heavy atom. The van der Waals surface area contributed by atoms with Crippen LogP contribution in [0.3, 0.4) is 0 Å². The van der Waals surface area contributed by atoms with Crippen molar-refractivity contribution < 1.29 is 13.2 Å². The second kappa shape index (κ2) is 6.02. The Bertz CT molecular complexity index is 473. The average molecular weight is 276 g/mol. The molecule has 0 bridgehead atoms. The number of benzene rings is 1. The lowest BCUT2D eigenvalue weighted by Gasteiger charge is -2.16. The molecule has 0 heterocycles. The molecule has 1 rings (SSSR count). The number of rotatable bonds is 5. The van der Waals surface area contributed by atoms with Gasteiger partial charge in [0.2, 0.25) is 15.0 Å². The van der Waals surface area contributed by atoms with E-state index in [0.717, 1.165) is 5.56 Å². The molecule has 0 N–H and O–H groups in total. The third kappa shape index (κ3) is 5.70. The minimum absolute atomic E-state index is 0.0881. The topological polar surface area (TPSA) is 54.5 Å². The molecule has 0 saturated heterocycles. The molecule has 0 unspecified atom stereocenters. The molecule has 6 heteroatoms. The maximum Gasteiger partial charge on any atom is 0.233 e. The highest BCUT2D eigenvalue weighted by molar-refractivity contribution is 8.13. The SMILES string of the molecule is CN(Cc1ccccc1)C(=O)CCS(=O)(=O)Cl. The quantitative estimate of drug-likeness (QED) is 0.767. The molecule has 0 saturated carbocycles. The lowest BCUT2D eigenvalue weighted by atomic mass is 10.2. The van der Waals surface area contributed by atoms with Crippen LogP contribution in [-0.4, -0.2) is 32.0 Å². The zero-order valence-electron chi connectivity index (χ0n) is 9.47. The van der Waals surface area contributed by atoms with Crippen LogP contribution in [0.1, 0.15) is 12.0 Å². The molecule has 1 aromatic rings. The first-order valence-electron chi connectivity index (χ1n) is 5.09. The van der Waals surface area contributed by atoms with E-state index >= 15 is 0 Å².